The van der Waals surface area contributed by atoms with E-state index in [4.69, 9.17) is 10.5 Å². The average molecular weight is 282 g/mol. The van der Waals surface area contributed by atoms with E-state index in [1.165, 1.54) is 0 Å². The van der Waals surface area contributed by atoms with Crippen molar-refractivity contribution in [1.82, 2.24) is 5.32 Å². The Bertz CT molecular complexity index is 404. The Morgan fingerprint density at radius 1 is 1.25 bits per heavy atom. The van der Waals surface area contributed by atoms with Gasteiger partial charge in [0.15, 0.2) is 0 Å². The minimum Gasteiger partial charge on any atom is -0.393 e. The van der Waals surface area contributed by atoms with Crippen LogP contribution in [0.25, 0.3) is 0 Å². The topological polar surface area (TPSA) is 84.6 Å². The van der Waals surface area contributed by atoms with Crippen LogP contribution in [0.15, 0.2) is 0 Å². The van der Waals surface area contributed by atoms with Gasteiger partial charge in [0, 0.05) is 24.0 Å². The number of hydrogen-bond acceptors (Lipinski definition) is 4. The molecule has 0 bridgehead atoms. The molecule has 20 heavy (non-hydrogen) atoms. The van der Waals surface area contributed by atoms with Crippen molar-refractivity contribution in [3.8, 4) is 0 Å². The van der Waals surface area contributed by atoms with E-state index in [0.717, 1.165) is 32.1 Å². The van der Waals surface area contributed by atoms with Gasteiger partial charge in [-0.05, 0) is 32.1 Å². The number of nitrogens with two attached hydrogens (primary N) is 1. The van der Waals surface area contributed by atoms with Crippen LogP contribution in [0, 0.1) is 11.3 Å². The maximum atomic E-state index is 12.7. The summed E-state index contributed by atoms with van der Waals surface area (Å²) in [6, 6.07) is 0.156. The Hall–Kier alpha value is -0.650. The van der Waals surface area contributed by atoms with Gasteiger partial charge in [-0.2, -0.15) is 0 Å². The lowest BCUT2D eigenvalue weighted by Gasteiger charge is -2.61. The molecule has 5 heteroatoms. The standard InChI is InChI=1S/C15H26N2O3/c1-14(2)12-11(7-8-20-12)15(14,16)13(19)17-9-3-5-10(18)6-4-9/h9-12,18H,3-8,16H2,1-2H3,(H,17,19). The van der Waals surface area contributed by atoms with Crippen molar-refractivity contribution < 1.29 is 14.6 Å². The fraction of sp³-hybridized carbons (Fsp3) is 0.933. The molecule has 4 N–H and O–H groups in total. The van der Waals surface area contributed by atoms with Gasteiger partial charge in [0.1, 0.15) is 5.54 Å². The number of ether oxygens (including phenoxy) is 1. The third-order valence-corrected chi connectivity index (χ3v) is 5.86. The first-order valence-corrected chi connectivity index (χ1v) is 7.77. The normalized spacial score (nSPS) is 46.4. The lowest BCUT2D eigenvalue weighted by molar-refractivity contribution is -0.176. The lowest BCUT2D eigenvalue weighted by atomic mass is 9.48. The Kier molecular flexibility index (Phi) is 3.35. The molecular formula is C15H26N2O3. The predicted molar refractivity (Wildman–Crippen MR) is 75.0 cm³/mol. The summed E-state index contributed by atoms with van der Waals surface area (Å²) in [5.74, 6) is 0.113. The summed E-state index contributed by atoms with van der Waals surface area (Å²) in [5, 5.41) is 12.7. The van der Waals surface area contributed by atoms with Gasteiger partial charge in [-0.15, -0.1) is 0 Å². The Morgan fingerprint density at radius 2 is 1.90 bits per heavy atom. The first-order chi connectivity index (χ1) is 9.37. The summed E-state index contributed by atoms with van der Waals surface area (Å²) in [4.78, 5) is 12.7. The molecular weight excluding hydrogens is 256 g/mol. The van der Waals surface area contributed by atoms with Crippen LogP contribution < -0.4 is 11.1 Å². The van der Waals surface area contributed by atoms with Crippen LogP contribution in [0.5, 0.6) is 0 Å². The zero-order valence-electron chi connectivity index (χ0n) is 12.4. The van der Waals surface area contributed by atoms with Gasteiger partial charge in [0.25, 0.3) is 0 Å². The van der Waals surface area contributed by atoms with E-state index in [-0.39, 0.29) is 35.5 Å². The van der Waals surface area contributed by atoms with Crippen LogP contribution in [0.1, 0.15) is 46.0 Å². The van der Waals surface area contributed by atoms with Crippen LogP contribution in [-0.2, 0) is 9.53 Å². The fourth-order valence-electron chi connectivity index (χ4n) is 4.37. The number of carbonyl (C=O) groups is 1. The average Bonchev–Trinajstić information content (AvgIpc) is 2.88. The minimum absolute atomic E-state index is 0.0318. The molecule has 0 aromatic heterocycles. The monoisotopic (exact) mass is 282 g/mol. The van der Waals surface area contributed by atoms with E-state index in [2.05, 4.69) is 5.32 Å². The molecule has 3 fully saturated rings. The predicted octanol–water partition coefficient (Wildman–Crippen LogP) is 0.549. The van der Waals surface area contributed by atoms with Gasteiger partial charge >= 0.3 is 0 Å². The van der Waals surface area contributed by atoms with E-state index in [9.17, 15) is 9.90 Å². The van der Waals surface area contributed by atoms with Gasteiger partial charge in [-0.25, -0.2) is 0 Å². The number of carbonyl (C=O) groups excluding carboxylic acids is 1. The highest BCUT2D eigenvalue weighted by molar-refractivity contribution is 5.89. The number of fused-ring (bicyclic) bond motifs is 1. The molecule has 1 amide bonds. The summed E-state index contributed by atoms with van der Waals surface area (Å²) < 4.78 is 5.72. The highest BCUT2D eigenvalue weighted by Crippen LogP contribution is 2.58. The number of aliphatic hydroxyl groups excluding tert-OH is 1. The zero-order chi connectivity index (χ0) is 14.5. The van der Waals surface area contributed by atoms with Crippen molar-refractivity contribution in [2.45, 2.75) is 69.7 Å². The quantitative estimate of drug-likeness (QED) is 0.690. The van der Waals surface area contributed by atoms with E-state index in [0.29, 0.717) is 6.61 Å². The molecule has 5 nitrogen and oxygen atoms in total. The summed E-state index contributed by atoms with van der Waals surface area (Å²) in [7, 11) is 0. The van der Waals surface area contributed by atoms with Gasteiger partial charge < -0.3 is 20.9 Å². The van der Waals surface area contributed by atoms with Crippen LogP contribution in [0.3, 0.4) is 0 Å². The molecule has 3 unspecified atom stereocenters. The molecule has 3 rings (SSSR count). The van der Waals surface area contributed by atoms with Crippen molar-refractivity contribution in [2.24, 2.45) is 17.1 Å². The van der Waals surface area contributed by atoms with E-state index >= 15 is 0 Å². The van der Waals surface area contributed by atoms with Gasteiger partial charge in [-0.1, -0.05) is 13.8 Å². The lowest BCUT2D eigenvalue weighted by Crippen LogP contribution is -2.80. The van der Waals surface area contributed by atoms with Crippen LogP contribution >= 0.6 is 0 Å². The van der Waals surface area contributed by atoms with Crippen molar-refractivity contribution >= 4 is 5.91 Å². The first kappa shape index (κ1) is 14.3. The van der Waals surface area contributed by atoms with Crippen LogP contribution in [0.4, 0.5) is 0 Å². The molecule has 0 aromatic rings. The summed E-state index contributed by atoms with van der Waals surface area (Å²) in [6.07, 6.45) is 4.00. The molecule has 1 heterocycles. The van der Waals surface area contributed by atoms with E-state index in [1.54, 1.807) is 0 Å². The molecule has 114 valence electrons. The largest absolute Gasteiger partial charge is 0.393 e. The Balaban J connectivity index is 1.67. The van der Waals surface area contributed by atoms with Crippen molar-refractivity contribution in [1.29, 1.82) is 0 Å². The second kappa shape index (κ2) is 4.68. The Labute approximate surface area is 120 Å². The maximum Gasteiger partial charge on any atom is 0.241 e. The minimum atomic E-state index is -0.815. The number of aliphatic hydroxyl groups is 1. The summed E-state index contributed by atoms with van der Waals surface area (Å²) in [5.41, 5.74) is 5.38. The highest BCUT2D eigenvalue weighted by Gasteiger charge is 2.71. The van der Waals surface area contributed by atoms with Gasteiger partial charge in [0.2, 0.25) is 5.91 Å². The molecule has 1 saturated heterocycles. The highest BCUT2D eigenvalue weighted by atomic mass is 16.5. The third kappa shape index (κ3) is 1.83. The zero-order valence-corrected chi connectivity index (χ0v) is 12.4. The van der Waals surface area contributed by atoms with Crippen LogP contribution in [0.2, 0.25) is 0 Å². The van der Waals surface area contributed by atoms with Gasteiger partial charge in [-0.3, -0.25) is 4.79 Å². The second-order valence-electron chi connectivity index (χ2n) is 7.26. The summed E-state index contributed by atoms with van der Waals surface area (Å²) in [6.45, 7) is 4.77. The molecule has 2 saturated carbocycles. The molecule has 3 atom stereocenters. The van der Waals surface area contributed by atoms with Crippen molar-refractivity contribution in [3.63, 3.8) is 0 Å². The smallest absolute Gasteiger partial charge is 0.241 e. The van der Waals surface area contributed by atoms with Gasteiger partial charge in [0.05, 0.1) is 12.2 Å². The number of amides is 1. The third-order valence-electron chi connectivity index (χ3n) is 5.86. The Morgan fingerprint density at radius 3 is 2.55 bits per heavy atom. The van der Waals surface area contributed by atoms with Crippen molar-refractivity contribution in [2.75, 3.05) is 6.61 Å². The second-order valence-corrected chi connectivity index (χ2v) is 7.26. The molecule has 3 aliphatic rings. The maximum absolute atomic E-state index is 12.7. The van der Waals surface area contributed by atoms with E-state index in [1.807, 2.05) is 13.8 Å². The molecule has 0 aromatic carbocycles. The number of rotatable bonds is 2. The number of nitrogens with one attached hydrogen (secondary N) is 1. The van der Waals surface area contributed by atoms with E-state index < -0.39 is 5.54 Å². The first-order valence-electron chi connectivity index (χ1n) is 7.77. The fourth-order valence-corrected chi connectivity index (χ4v) is 4.37. The molecule has 1 aliphatic heterocycles. The van der Waals surface area contributed by atoms with Crippen molar-refractivity contribution in [3.05, 3.63) is 0 Å². The molecule has 0 spiro atoms. The SMILES string of the molecule is CC1(C)C2OCCC2C1(N)C(=O)NC1CCC(O)CC1. The molecule has 0 radical (unpaired) electrons. The molecule has 2 aliphatic carbocycles. The summed E-state index contributed by atoms with van der Waals surface area (Å²) >= 11 is 0. The number of hydrogen-bond donors (Lipinski definition) is 3. The van der Waals surface area contributed by atoms with Crippen LogP contribution in [-0.4, -0.2) is 41.4 Å².